The highest BCUT2D eigenvalue weighted by Crippen LogP contribution is 2.30. The number of nitrogens with zero attached hydrogens (tertiary/aromatic N) is 1. The molecule has 2 aromatic heterocycles. The number of pyridine rings is 1. The van der Waals surface area contributed by atoms with Gasteiger partial charge >= 0.3 is 0 Å². The van der Waals surface area contributed by atoms with Gasteiger partial charge in [0.05, 0.1) is 16.9 Å². The van der Waals surface area contributed by atoms with Crippen LogP contribution in [0.1, 0.15) is 18.3 Å². The summed E-state index contributed by atoms with van der Waals surface area (Å²) in [6.45, 7) is 6.17. The van der Waals surface area contributed by atoms with E-state index in [2.05, 4.69) is 36.7 Å². The third-order valence-corrected chi connectivity index (χ3v) is 3.73. The molecule has 0 aliphatic heterocycles. The largest absolute Gasteiger partial charge is 0.353 e. The highest BCUT2D eigenvalue weighted by Gasteiger charge is 2.12. The fourth-order valence-electron chi connectivity index (χ4n) is 2.65. The molecule has 0 saturated carbocycles. The van der Waals surface area contributed by atoms with Crippen molar-refractivity contribution in [3.63, 3.8) is 0 Å². The molecule has 0 radical (unpaired) electrons. The molecule has 0 fully saturated rings. The van der Waals surface area contributed by atoms with Crippen LogP contribution in [0.2, 0.25) is 0 Å². The van der Waals surface area contributed by atoms with Gasteiger partial charge in [-0.3, -0.25) is 0 Å². The summed E-state index contributed by atoms with van der Waals surface area (Å²) in [6.07, 6.45) is 7.66. The Hall–Kier alpha value is -2.65. The van der Waals surface area contributed by atoms with Crippen LogP contribution in [0.15, 0.2) is 61.2 Å². The summed E-state index contributed by atoms with van der Waals surface area (Å²) in [4.78, 5) is 8.19. The standard InChI is InChI=1S/C19H19N3/c1-3-4-5-8-13(2)18-19-16(11-14(12-20)21-18)15-9-6-7-10-17(15)22-19/h3-11,22H,1,12,20H2,2H3/b5-4-,13-8+. The zero-order valence-electron chi connectivity index (χ0n) is 12.6. The third-order valence-electron chi connectivity index (χ3n) is 3.73. The monoisotopic (exact) mass is 289 g/mol. The van der Waals surface area contributed by atoms with Crippen molar-refractivity contribution in [3.05, 3.63) is 72.6 Å². The van der Waals surface area contributed by atoms with Crippen molar-refractivity contribution >= 4 is 27.4 Å². The SMILES string of the molecule is C=C/C=C\C=C(/C)c1nc(CN)cc2c1[nH]c1ccccc12. The van der Waals surface area contributed by atoms with Crippen LogP contribution in [0, 0.1) is 0 Å². The van der Waals surface area contributed by atoms with Crippen LogP contribution < -0.4 is 5.73 Å². The van der Waals surface area contributed by atoms with Crippen LogP contribution >= 0.6 is 0 Å². The smallest absolute Gasteiger partial charge is 0.0903 e. The second-order valence-corrected chi connectivity index (χ2v) is 5.23. The molecular weight excluding hydrogens is 270 g/mol. The summed E-state index contributed by atoms with van der Waals surface area (Å²) < 4.78 is 0. The summed E-state index contributed by atoms with van der Waals surface area (Å²) >= 11 is 0. The molecule has 0 spiro atoms. The molecule has 3 nitrogen and oxygen atoms in total. The Bertz CT molecular complexity index is 898. The molecule has 0 aliphatic rings. The average molecular weight is 289 g/mol. The van der Waals surface area contributed by atoms with Gasteiger partial charge in [-0.05, 0) is 24.6 Å². The molecule has 3 N–H and O–H groups in total. The van der Waals surface area contributed by atoms with Crippen molar-refractivity contribution < 1.29 is 0 Å². The summed E-state index contributed by atoms with van der Waals surface area (Å²) in [5.41, 5.74) is 10.9. The molecule has 0 saturated heterocycles. The van der Waals surface area contributed by atoms with Crippen LogP contribution in [0.4, 0.5) is 0 Å². The van der Waals surface area contributed by atoms with Gasteiger partial charge in [-0.1, -0.05) is 49.1 Å². The van der Waals surface area contributed by atoms with E-state index in [-0.39, 0.29) is 0 Å². The molecule has 2 heterocycles. The average Bonchev–Trinajstić information content (AvgIpc) is 2.92. The first-order valence-electron chi connectivity index (χ1n) is 7.31. The van der Waals surface area contributed by atoms with Gasteiger partial charge in [0.2, 0.25) is 0 Å². The molecule has 3 rings (SSSR count). The summed E-state index contributed by atoms with van der Waals surface area (Å²) in [5.74, 6) is 0. The van der Waals surface area contributed by atoms with Crippen molar-refractivity contribution in [3.8, 4) is 0 Å². The second-order valence-electron chi connectivity index (χ2n) is 5.23. The molecule has 0 unspecified atom stereocenters. The number of aromatic nitrogens is 2. The maximum atomic E-state index is 5.82. The van der Waals surface area contributed by atoms with Gasteiger partial charge in [-0.15, -0.1) is 0 Å². The van der Waals surface area contributed by atoms with Crippen LogP contribution in [0.3, 0.4) is 0 Å². The van der Waals surface area contributed by atoms with Gasteiger partial charge in [0, 0.05) is 22.8 Å². The van der Waals surface area contributed by atoms with Crippen LogP contribution in [-0.4, -0.2) is 9.97 Å². The van der Waals surface area contributed by atoms with E-state index in [0.29, 0.717) is 6.54 Å². The Morgan fingerprint density at radius 1 is 1.27 bits per heavy atom. The normalized spacial score (nSPS) is 12.5. The van der Waals surface area contributed by atoms with E-state index >= 15 is 0 Å². The highest BCUT2D eigenvalue weighted by molar-refractivity contribution is 6.09. The number of H-pyrrole nitrogens is 1. The molecule has 110 valence electrons. The van der Waals surface area contributed by atoms with Crippen molar-refractivity contribution in [1.29, 1.82) is 0 Å². The Kier molecular flexibility index (Phi) is 3.90. The van der Waals surface area contributed by atoms with Gasteiger partial charge < -0.3 is 10.7 Å². The quantitative estimate of drug-likeness (QED) is 0.703. The highest BCUT2D eigenvalue weighted by atomic mass is 14.8. The van der Waals surface area contributed by atoms with E-state index in [1.165, 1.54) is 10.8 Å². The number of hydrogen-bond acceptors (Lipinski definition) is 2. The Balaban J connectivity index is 2.30. The van der Waals surface area contributed by atoms with Crippen molar-refractivity contribution in [1.82, 2.24) is 9.97 Å². The zero-order chi connectivity index (χ0) is 15.5. The molecule has 22 heavy (non-hydrogen) atoms. The lowest BCUT2D eigenvalue weighted by Gasteiger charge is -2.06. The predicted octanol–water partition coefficient (Wildman–Crippen LogP) is 4.32. The maximum absolute atomic E-state index is 5.82. The minimum absolute atomic E-state index is 0.429. The first-order chi connectivity index (χ1) is 10.7. The van der Waals surface area contributed by atoms with Crippen LogP contribution in [0.25, 0.3) is 27.4 Å². The minimum atomic E-state index is 0.429. The van der Waals surface area contributed by atoms with Crippen LogP contribution in [-0.2, 0) is 6.54 Å². The van der Waals surface area contributed by atoms with Gasteiger partial charge in [-0.25, -0.2) is 4.98 Å². The Morgan fingerprint density at radius 3 is 2.86 bits per heavy atom. The lowest BCUT2D eigenvalue weighted by atomic mass is 10.1. The van der Waals surface area contributed by atoms with E-state index < -0.39 is 0 Å². The zero-order valence-corrected chi connectivity index (χ0v) is 12.6. The number of nitrogens with one attached hydrogen (secondary N) is 1. The number of allylic oxidation sites excluding steroid dienone is 5. The van der Waals surface area contributed by atoms with E-state index in [0.717, 1.165) is 28.0 Å². The van der Waals surface area contributed by atoms with E-state index in [4.69, 9.17) is 10.7 Å². The number of hydrogen-bond donors (Lipinski definition) is 2. The lowest BCUT2D eigenvalue weighted by Crippen LogP contribution is -2.02. The topological polar surface area (TPSA) is 54.7 Å². The van der Waals surface area contributed by atoms with E-state index in [9.17, 15) is 0 Å². The third kappa shape index (κ3) is 2.47. The number of aromatic amines is 1. The molecule has 0 aliphatic carbocycles. The predicted molar refractivity (Wildman–Crippen MR) is 94.5 cm³/mol. The van der Waals surface area contributed by atoms with Gasteiger partial charge in [-0.2, -0.15) is 0 Å². The lowest BCUT2D eigenvalue weighted by molar-refractivity contribution is 0.990. The molecule has 1 aromatic carbocycles. The molecule has 0 bridgehead atoms. The molecule has 0 amide bonds. The number of nitrogens with two attached hydrogens (primary N) is 1. The van der Waals surface area contributed by atoms with Crippen molar-refractivity contribution in [2.75, 3.05) is 0 Å². The fourth-order valence-corrected chi connectivity index (χ4v) is 2.65. The van der Waals surface area contributed by atoms with Gasteiger partial charge in [0.1, 0.15) is 0 Å². The van der Waals surface area contributed by atoms with Crippen LogP contribution in [0.5, 0.6) is 0 Å². The summed E-state index contributed by atoms with van der Waals surface area (Å²) in [7, 11) is 0. The van der Waals surface area contributed by atoms with Crippen molar-refractivity contribution in [2.45, 2.75) is 13.5 Å². The first-order valence-corrected chi connectivity index (χ1v) is 7.31. The minimum Gasteiger partial charge on any atom is -0.353 e. The number of fused-ring (bicyclic) bond motifs is 3. The molecular formula is C19H19N3. The van der Waals surface area contributed by atoms with Crippen molar-refractivity contribution in [2.24, 2.45) is 5.73 Å². The maximum Gasteiger partial charge on any atom is 0.0903 e. The van der Waals surface area contributed by atoms with Gasteiger partial charge in [0.15, 0.2) is 0 Å². The molecule has 3 heteroatoms. The summed E-state index contributed by atoms with van der Waals surface area (Å²) in [5, 5.41) is 2.37. The number of benzene rings is 1. The Labute approximate surface area is 129 Å². The fraction of sp³-hybridized carbons (Fsp3) is 0.105. The summed E-state index contributed by atoms with van der Waals surface area (Å²) in [6, 6.07) is 10.4. The van der Waals surface area contributed by atoms with E-state index in [1.54, 1.807) is 6.08 Å². The van der Waals surface area contributed by atoms with E-state index in [1.807, 2.05) is 30.4 Å². The Morgan fingerprint density at radius 2 is 2.09 bits per heavy atom. The van der Waals surface area contributed by atoms with Gasteiger partial charge in [0.25, 0.3) is 0 Å². The number of para-hydroxylation sites is 1. The molecule has 3 aromatic rings. The first kappa shape index (κ1) is 14.3. The molecule has 0 atom stereocenters. The number of rotatable bonds is 4. The second kappa shape index (κ2) is 6.00.